The molecule has 0 saturated carbocycles. The molecule has 0 unspecified atom stereocenters. The fraction of sp³-hybridized carbons (Fsp3) is 0.308. The second-order valence-corrected chi connectivity index (χ2v) is 4.33. The third kappa shape index (κ3) is 3.72. The van der Waals surface area contributed by atoms with E-state index in [0.717, 1.165) is 0 Å². The Bertz CT molecular complexity index is 699. The highest BCUT2D eigenvalue weighted by Gasteiger charge is 2.27. The minimum absolute atomic E-state index is 0.0266. The van der Waals surface area contributed by atoms with E-state index < -0.39 is 18.6 Å². The first-order valence-electron chi connectivity index (χ1n) is 6.05. The maximum Gasteiger partial charge on any atom is 0.405 e. The number of benzene rings is 1. The van der Waals surface area contributed by atoms with Crippen molar-refractivity contribution in [1.82, 2.24) is 14.9 Å². The van der Waals surface area contributed by atoms with Crippen LogP contribution in [0.25, 0.3) is 11.0 Å². The Morgan fingerprint density at radius 1 is 1.38 bits per heavy atom. The van der Waals surface area contributed by atoms with Gasteiger partial charge in [0.25, 0.3) is 0 Å². The van der Waals surface area contributed by atoms with E-state index in [9.17, 15) is 18.0 Å². The molecular weight excluding hydrogens is 285 g/mol. The molecule has 2 rings (SSSR count). The lowest BCUT2D eigenvalue weighted by atomic mass is 10.3. The van der Waals surface area contributed by atoms with E-state index in [1.54, 1.807) is 29.6 Å². The molecule has 0 spiro atoms. The number of amides is 1. The number of nitriles is 1. The second-order valence-electron chi connectivity index (χ2n) is 4.33. The molecule has 1 aromatic heterocycles. The normalized spacial score (nSPS) is 11.3. The minimum atomic E-state index is -4.46. The molecule has 0 saturated heterocycles. The summed E-state index contributed by atoms with van der Waals surface area (Å²) in [5.74, 6) is -0.435. The first kappa shape index (κ1) is 14.8. The van der Waals surface area contributed by atoms with Crippen LogP contribution < -0.4 is 5.32 Å². The monoisotopic (exact) mass is 296 g/mol. The van der Waals surface area contributed by atoms with Crippen LogP contribution >= 0.6 is 0 Å². The smallest absolute Gasteiger partial charge is 0.345 e. The average Bonchev–Trinajstić information content (AvgIpc) is 2.75. The molecule has 0 aliphatic heterocycles. The molecule has 0 radical (unpaired) electrons. The Labute approximate surface area is 118 Å². The first-order valence-corrected chi connectivity index (χ1v) is 6.05. The van der Waals surface area contributed by atoms with Crippen molar-refractivity contribution in [3.8, 4) is 6.07 Å². The van der Waals surface area contributed by atoms with Crippen LogP contribution in [-0.4, -0.2) is 28.2 Å². The molecule has 1 amide bonds. The Balaban J connectivity index is 2.22. The number of halogens is 3. The zero-order valence-corrected chi connectivity index (χ0v) is 10.8. The van der Waals surface area contributed by atoms with Gasteiger partial charge in [-0.05, 0) is 12.1 Å². The Hall–Kier alpha value is -2.56. The molecule has 5 nitrogen and oxygen atoms in total. The summed E-state index contributed by atoms with van der Waals surface area (Å²) >= 11 is 0. The number of imidazole rings is 1. The molecule has 0 bridgehead atoms. The fourth-order valence-electron chi connectivity index (χ4n) is 1.91. The van der Waals surface area contributed by atoms with E-state index in [-0.39, 0.29) is 13.0 Å². The molecule has 1 aromatic carbocycles. The number of aromatic nitrogens is 2. The van der Waals surface area contributed by atoms with Crippen molar-refractivity contribution >= 4 is 16.9 Å². The van der Waals surface area contributed by atoms with E-state index in [0.29, 0.717) is 16.9 Å². The van der Waals surface area contributed by atoms with Crippen molar-refractivity contribution in [2.24, 2.45) is 0 Å². The Morgan fingerprint density at radius 2 is 2.10 bits per heavy atom. The van der Waals surface area contributed by atoms with E-state index in [1.807, 2.05) is 6.07 Å². The van der Waals surface area contributed by atoms with Crippen molar-refractivity contribution in [2.75, 3.05) is 6.54 Å². The highest BCUT2D eigenvalue weighted by molar-refractivity contribution is 5.81. The van der Waals surface area contributed by atoms with Gasteiger partial charge >= 0.3 is 6.18 Å². The number of carbonyl (C=O) groups is 1. The number of nitrogens with zero attached hydrogens (tertiary/aromatic N) is 3. The van der Waals surface area contributed by atoms with Gasteiger partial charge in [0, 0.05) is 0 Å². The van der Waals surface area contributed by atoms with Gasteiger partial charge in [0.15, 0.2) is 0 Å². The number of alkyl halides is 3. The summed E-state index contributed by atoms with van der Waals surface area (Å²) in [6.45, 7) is -1.69. The van der Waals surface area contributed by atoms with Gasteiger partial charge in [-0.2, -0.15) is 18.4 Å². The quantitative estimate of drug-likeness (QED) is 0.935. The van der Waals surface area contributed by atoms with Crippen LogP contribution in [0.3, 0.4) is 0 Å². The van der Waals surface area contributed by atoms with Crippen LogP contribution in [0.1, 0.15) is 5.82 Å². The van der Waals surface area contributed by atoms with E-state index in [2.05, 4.69) is 4.98 Å². The van der Waals surface area contributed by atoms with E-state index in [4.69, 9.17) is 5.26 Å². The lowest BCUT2D eigenvalue weighted by Crippen LogP contribution is -2.36. The topological polar surface area (TPSA) is 70.7 Å². The average molecular weight is 296 g/mol. The molecule has 21 heavy (non-hydrogen) atoms. The molecular formula is C13H11F3N4O. The highest BCUT2D eigenvalue weighted by Crippen LogP contribution is 2.16. The Morgan fingerprint density at radius 3 is 2.76 bits per heavy atom. The van der Waals surface area contributed by atoms with E-state index in [1.165, 1.54) is 4.57 Å². The third-order valence-electron chi connectivity index (χ3n) is 2.76. The van der Waals surface area contributed by atoms with Gasteiger partial charge in [0.05, 0.1) is 23.5 Å². The number of hydrogen-bond donors (Lipinski definition) is 1. The number of hydrogen-bond acceptors (Lipinski definition) is 3. The lowest BCUT2D eigenvalue weighted by molar-refractivity contribution is -0.138. The number of rotatable bonds is 4. The summed E-state index contributed by atoms with van der Waals surface area (Å²) in [6.07, 6.45) is -4.48. The molecule has 0 aliphatic rings. The predicted molar refractivity (Wildman–Crippen MR) is 68.1 cm³/mol. The van der Waals surface area contributed by atoms with Gasteiger partial charge in [0.2, 0.25) is 5.91 Å². The number of nitrogens with one attached hydrogen (secondary N) is 1. The maximum absolute atomic E-state index is 12.1. The molecule has 8 heteroatoms. The zero-order valence-electron chi connectivity index (χ0n) is 10.8. The van der Waals surface area contributed by atoms with Crippen molar-refractivity contribution in [1.29, 1.82) is 5.26 Å². The summed E-state index contributed by atoms with van der Waals surface area (Å²) in [4.78, 5) is 15.8. The van der Waals surface area contributed by atoms with Crippen molar-refractivity contribution in [3.63, 3.8) is 0 Å². The van der Waals surface area contributed by atoms with Gasteiger partial charge in [-0.25, -0.2) is 4.98 Å². The Kier molecular flexibility index (Phi) is 4.12. The van der Waals surface area contributed by atoms with Crippen LogP contribution in [0.2, 0.25) is 0 Å². The van der Waals surface area contributed by atoms with Gasteiger partial charge in [-0.3, -0.25) is 4.79 Å². The van der Waals surface area contributed by atoms with Crippen molar-refractivity contribution < 1.29 is 18.0 Å². The number of carbonyl (C=O) groups excluding carboxylic acids is 1. The molecule has 0 aliphatic carbocycles. The lowest BCUT2D eigenvalue weighted by Gasteiger charge is -2.10. The SMILES string of the molecule is N#CCc1nc2ccccc2n1CC(=O)NCC(F)(F)F. The largest absolute Gasteiger partial charge is 0.405 e. The summed E-state index contributed by atoms with van der Waals surface area (Å²) < 4.78 is 37.7. The van der Waals surface area contributed by atoms with Crippen LogP contribution in [-0.2, 0) is 17.8 Å². The van der Waals surface area contributed by atoms with Gasteiger partial charge in [-0.1, -0.05) is 12.1 Å². The number of para-hydroxylation sites is 2. The standard InChI is InChI=1S/C13H11F3N4O/c14-13(15,16)8-18-12(21)7-20-10-4-2-1-3-9(10)19-11(20)5-6-17/h1-4H,5,7-8H2,(H,18,21). The van der Waals surface area contributed by atoms with Crippen LogP contribution in [0.15, 0.2) is 24.3 Å². The second kappa shape index (κ2) is 5.83. The molecule has 1 heterocycles. The van der Waals surface area contributed by atoms with Crippen molar-refractivity contribution in [3.05, 3.63) is 30.1 Å². The summed E-state index contributed by atoms with van der Waals surface area (Å²) in [7, 11) is 0. The molecule has 1 N–H and O–H groups in total. The first-order chi connectivity index (χ1) is 9.90. The molecule has 0 fully saturated rings. The van der Waals surface area contributed by atoms with Gasteiger partial charge < -0.3 is 9.88 Å². The predicted octanol–water partition coefficient (Wildman–Crippen LogP) is 1.78. The molecule has 0 atom stereocenters. The summed E-state index contributed by atoms with van der Waals surface area (Å²) in [6, 6.07) is 8.80. The minimum Gasteiger partial charge on any atom is -0.345 e. The van der Waals surface area contributed by atoms with Gasteiger partial charge in [0.1, 0.15) is 18.9 Å². The maximum atomic E-state index is 12.1. The molecule has 2 aromatic rings. The van der Waals surface area contributed by atoms with Crippen LogP contribution in [0.4, 0.5) is 13.2 Å². The highest BCUT2D eigenvalue weighted by atomic mass is 19.4. The number of fused-ring (bicyclic) bond motifs is 1. The fourth-order valence-corrected chi connectivity index (χ4v) is 1.91. The van der Waals surface area contributed by atoms with Gasteiger partial charge in [-0.15, -0.1) is 0 Å². The van der Waals surface area contributed by atoms with Crippen molar-refractivity contribution in [2.45, 2.75) is 19.1 Å². The van der Waals surface area contributed by atoms with E-state index >= 15 is 0 Å². The zero-order chi connectivity index (χ0) is 15.5. The van der Waals surface area contributed by atoms with Crippen LogP contribution in [0.5, 0.6) is 0 Å². The third-order valence-corrected chi connectivity index (χ3v) is 2.76. The molecule has 110 valence electrons. The summed E-state index contributed by atoms with van der Waals surface area (Å²) in [5, 5.41) is 10.6. The summed E-state index contributed by atoms with van der Waals surface area (Å²) in [5.41, 5.74) is 1.19. The van der Waals surface area contributed by atoms with Crippen LogP contribution in [0, 0.1) is 11.3 Å².